The van der Waals surface area contributed by atoms with Crippen LogP contribution in [0.1, 0.15) is 31.2 Å². The number of sulfonamides is 1. The van der Waals surface area contributed by atoms with E-state index in [2.05, 4.69) is 0 Å². The molecule has 0 bridgehead atoms. The van der Waals surface area contributed by atoms with Crippen molar-refractivity contribution in [2.24, 2.45) is 5.92 Å². The maximum Gasteiger partial charge on any atom is 0.323 e. The zero-order valence-electron chi connectivity index (χ0n) is 14.8. The van der Waals surface area contributed by atoms with Crippen LogP contribution in [-0.2, 0) is 19.6 Å². The van der Waals surface area contributed by atoms with Crippen LogP contribution >= 0.6 is 0 Å². The van der Waals surface area contributed by atoms with E-state index in [9.17, 15) is 18.0 Å². The molecule has 1 aliphatic heterocycles. The van der Waals surface area contributed by atoms with Crippen molar-refractivity contribution in [2.45, 2.75) is 43.5 Å². The summed E-state index contributed by atoms with van der Waals surface area (Å²) >= 11 is 0. The Morgan fingerprint density at radius 1 is 1.19 bits per heavy atom. The van der Waals surface area contributed by atoms with E-state index < -0.39 is 21.9 Å². The van der Waals surface area contributed by atoms with E-state index in [1.807, 2.05) is 6.92 Å². The standard InChI is InChI=1S/C18H24N2O5S/c1-13-4-8-16(9-5-13)26(24,25)19-10-2-3-14(11-19)18(23)20(12-17(21)22)15-6-7-15/h4-5,8-9,14-15H,2-3,6-7,10-12H2,1H3,(H,21,22). The zero-order chi connectivity index (χ0) is 18.9. The summed E-state index contributed by atoms with van der Waals surface area (Å²) in [6, 6.07) is 6.65. The second-order valence-electron chi connectivity index (χ2n) is 7.11. The average molecular weight is 380 g/mol. The van der Waals surface area contributed by atoms with Crippen molar-refractivity contribution in [3.63, 3.8) is 0 Å². The molecule has 0 spiro atoms. The van der Waals surface area contributed by atoms with E-state index >= 15 is 0 Å². The van der Waals surface area contributed by atoms with E-state index in [0.717, 1.165) is 18.4 Å². The van der Waals surface area contributed by atoms with Crippen molar-refractivity contribution in [1.82, 2.24) is 9.21 Å². The number of carbonyl (C=O) groups is 2. The number of nitrogens with zero attached hydrogens (tertiary/aromatic N) is 2. The molecule has 8 heteroatoms. The summed E-state index contributed by atoms with van der Waals surface area (Å²) in [5.41, 5.74) is 0.976. The predicted molar refractivity (Wildman–Crippen MR) is 95.0 cm³/mol. The molecule has 0 aromatic heterocycles. The molecule has 142 valence electrons. The van der Waals surface area contributed by atoms with Crippen LogP contribution in [0, 0.1) is 12.8 Å². The number of carbonyl (C=O) groups excluding carboxylic acids is 1. The number of rotatable bonds is 6. The van der Waals surface area contributed by atoms with Crippen molar-refractivity contribution >= 4 is 21.9 Å². The fraction of sp³-hybridized carbons (Fsp3) is 0.556. The Kier molecular flexibility index (Phi) is 5.34. The van der Waals surface area contributed by atoms with Crippen LogP contribution in [-0.4, -0.2) is 60.3 Å². The van der Waals surface area contributed by atoms with Gasteiger partial charge in [-0.2, -0.15) is 4.31 Å². The first kappa shape index (κ1) is 18.8. The van der Waals surface area contributed by atoms with Gasteiger partial charge in [0.25, 0.3) is 0 Å². The first-order valence-electron chi connectivity index (χ1n) is 8.88. The van der Waals surface area contributed by atoms with Gasteiger partial charge in [-0.1, -0.05) is 17.7 Å². The molecule has 1 aromatic carbocycles. The normalized spacial score (nSPS) is 21.3. The van der Waals surface area contributed by atoms with Crippen LogP contribution < -0.4 is 0 Å². The summed E-state index contributed by atoms with van der Waals surface area (Å²) in [6.45, 7) is 2.06. The number of hydrogen-bond acceptors (Lipinski definition) is 4. The topological polar surface area (TPSA) is 95.0 Å². The molecule has 2 aliphatic rings. The number of amides is 1. The quantitative estimate of drug-likeness (QED) is 0.806. The van der Waals surface area contributed by atoms with Crippen LogP contribution in [0.2, 0.25) is 0 Å². The average Bonchev–Trinajstić information content (AvgIpc) is 3.44. The lowest BCUT2D eigenvalue weighted by Gasteiger charge is -2.34. The van der Waals surface area contributed by atoms with E-state index in [0.29, 0.717) is 19.4 Å². The van der Waals surface area contributed by atoms with Gasteiger partial charge in [-0.25, -0.2) is 8.42 Å². The van der Waals surface area contributed by atoms with Crippen LogP contribution in [0.3, 0.4) is 0 Å². The third kappa shape index (κ3) is 4.07. The van der Waals surface area contributed by atoms with Gasteiger partial charge in [-0.15, -0.1) is 0 Å². The second-order valence-corrected chi connectivity index (χ2v) is 9.04. The zero-order valence-corrected chi connectivity index (χ0v) is 15.6. The van der Waals surface area contributed by atoms with Crippen molar-refractivity contribution in [1.29, 1.82) is 0 Å². The maximum absolute atomic E-state index is 12.9. The first-order valence-corrected chi connectivity index (χ1v) is 10.3. The molecule has 0 radical (unpaired) electrons. The third-order valence-electron chi connectivity index (χ3n) is 4.97. The lowest BCUT2D eigenvalue weighted by molar-refractivity contribution is -0.147. The van der Waals surface area contributed by atoms with Crippen LogP contribution in [0.5, 0.6) is 0 Å². The predicted octanol–water partition coefficient (Wildman–Crippen LogP) is 1.47. The second kappa shape index (κ2) is 7.36. The SMILES string of the molecule is Cc1ccc(S(=O)(=O)N2CCCC(C(=O)N(CC(=O)O)C3CC3)C2)cc1. The summed E-state index contributed by atoms with van der Waals surface area (Å²) < 4.78 is 27.1. The van der Waals surface area contributed by atoms with Crippen molar-refractivity contribution in [3.05, 3.63) is 29.8 Å². The molecule has 1 unspecified atom stereocenters. The molecule has 26 heavy (non-hydrogen) atoms. The number of benzene rings is 1. The minimum Gasteiger partial charge on any atom is -0.480 e. The Balaban J connectivity index is 1.75. The van der Waals surface area contributed by atoms with Crippen molar-refractivity contribution in [3.8, 4) is 0 Å². The van der Waals surface area contributed by atoms with Gasteiger partial charge < -0.3 is 10.0 Å². The summed E-state index contributed by atoms with van der Waals surface area (Å²) in [7, 11) is -3.65. The van der Waals surface area contributed by atoms with E-state index in [4.69, 9.17) is 5.11 Å². The summed E-state index contributed by atoms with van der Waals surface area (Å²) in [5.74, 6) is -1.76. The maximum atomic E-state index is 12.9. The van der Waals surface area contributed by atoms with E-state index in [1.165, 1.54) is 9.21 Å². The molecule has 1 saturated carbocycles. The fourth-order valence-electron chi connectivity index (χ4n) is 3.38. The third-order valence-corrected chi connectivity index (χ3v) is 6.85. The molecule has 7 nitrogen and oxygen atoms in total. The Labute approximate surface area is 153 Å². The smallest absolute Gasteiger partial charge is 0.323 e. The number of carboxylic acid groups (broad SMARTS) is 1. The van der Waals surface area contributed by atoms with Gasteiger partial charge in [0, 0.05) is 19.1 Å². The molecule has 3 rings (SSSR count). The number of carboxylic acids is 1. The van der Waals surface area contributed by atoms with Crippen LogP contribution in [0.25, 0.3) is 0 Å². The van der Waals surface area contributed by atoms with Crippen LogP contribution in [0.15, 0.2) is 29.2 Å². The fourth-order valence-corrected chi connectivity index (χ4v) is 4.90. The summed E-state index contributed by atoms with van der Waals surface area (Å²) in [4.78, 5) is 25.5. The molecular formula is C18H24N2O5S. The first-order chi connectivity index (χ1) is 12.3. The minimum atomic E-state index is -3.65. The van der Waals surface area contributed by atoms with E-state index in [-0.39, 0.29) is 29.9 Å². The molecule has 1 amide bonds. The van der Waals surface area contributed by atoms with Gasteiger partial charge in [0.2, 0.25) is 15.9 Å². The number of hydrogen-bond donors (Lipinski definition) is 1. The molecule has 1 N–H and O–H groups in total. The molecule has 1 saturated heterocycles. The van der Waals surface area contributed by atoms with E-state index in [1.54, 1.807) is 24.3 Å². The highest BCUT2D eigenvalue weighted by Crippen LogP contribution is 2.31. The van der Waals surface area contributed by atoms with Gasteiger partial charge in [0.05, 0.1) is 10.8 Å². The highest BCUT2D eigenvalue weighted by atomic mass is 32.2. The number of piperidine rings is 1. The largest absolute Gasteiger partial charge is 0.480 e. The van der Waals surface area contributed by atoms with Crippen LogP contribution in [0.4, 0.5) is 0 Å². The van der Waals surface area contributed by atoms with Crippen molar-refractivity contribution < 1.29 is 23.1 Å². The van der Waals surface area contributed by atoms with Gasteiger partial charge in [-0.05, 0) is 44.7 Å². The highest BCUT2D eigenvalue weighted by Gasteiger charge is 2.40. The number of aryl methyl sites for hydroxylation is 1. The van der Waals surface area contributed by atoms with Gasteiger partial charge in [0.1, 0.15) is 6.54 Å². The molecule has 1 aromatic rings. The van der Waals surface area contributed by atoms with Gasteiger partial charge in [0.15, 0.2) is 0 Å². The lowest BCUT2D eigenvalue weighted by atomic mass is 9.98. The number of aliphatic carboxylic acids is 1. The highest BCUT2D eigenvalue weighted by molar-refractivity contribution is 7.89. The monoisotopic (exact) mass is 380 g/mol. The summed E-state index contributed by atoms with van der Waals surface area (Å²) in [6.07, 6.45) is 2.81. The lowest BCUT2D eigenvalue weighted by Crippen LogP contribution is -2.48. The molecule has 2 fully saturated rings. The Hall–Kier alpha value is -1.93. The molecule has 1 atom stereocenters. The minimum absolute atomic E-state index is 0.0114. The molecular weight excluding hydrogens is 356 g/mol. The van der Waals surface area contributed by atoms with Crippen molar-refractivity contribution in [2.75, 3.05) is 19.6 Å². The Morgan fingerprint density at radius 3 is 2.42 bits per heavy atom. The molecule has 1 aliphatic carbocycles. The summed E-state index contributed by atoms with van der Waals surface area (Å²) in [5, 5.41) is 9.06. The molecule has 1 heterocycles. The Bertz CT molecular complexity index is 786. The Morgan fingerprint density at radius 2 is 1.85 bits per heavy atom. The van der Waals surface area contributed by atoms with Gasteiger partial charge >= 0.3 is 5.97 Å². The van der Waals surface area contributed by atoms with Gasteiger partial charge in [-0.3, -0.25) is 9.59 Å².